The highest BCUT2D eigenvalue weighted by atomic mass is 19.4. The molecule has 0 aliphatic rings. The third kappa shape index (κ3) is 4.74. The topological polar surface area (TPSA) is 77.2 Å². The molecule has 2 rings (SSSR count). The maximum atomic E-state index is 12.4. The molecule has 2 aromatic rings. The van der Waals surface area contributed by atoms with Crippen molar-refractivity contribution in [3.8, 4) is 23.2 Å². The van der Waals surface area contributed by atoms with E-state index in [-0.39, 0.29) is 19.0 Å². The third-order valence-electron chi connectivity index (χ3n) is 2.77. The maximum absolute atomic E-state index is 12.4. The molecule has 1 N–H and O–H groups in total. The second kappa shape index (κ2) is 7.50. The van der Waals surface area contributed by atoms with Gasteiger partial charge in [-0.15, -0.1) is 5.92 Å². The molecule has 0 spiro atoms. The van der Waals surface area contributed by atoms with Gasteiger partial charge in [0.1, 0.15) is 0 Å². The Balaban J connectivity index is 1.94. The van der Waals surface area contributed by atoms with E-state index in [0.717, 1.165) is 5.56 Å². The molecular formula is C15H12F3N3O3. The number of rotatable bonds is 4. The lowest BCUT2D eigenvalue weighted by Gasteiger charge is -2.05. The second-order valence-electron chi connectivity index (χ2n) is 4.47. The molecule has 9 heteroatoms. The van der Waals surface area contributed by atoms with Gasteiger partial charge in [0.05, 0.1) is 0 Å². The number of alkyl carbamates (subject to hydrolysis) is 1. The van der Waals surface area contributed by atoms with Crippen molar-refractivity contribution in [3.05, 3.63) is 35.7 Å². The van der Waals surface area contributed by atoms with Crippen molar-refractivity contribution in [1.29, 1.82) is 0 Å². The molecule has 0 aliphatic carbocycles. The van der Waals surface area contributed by atoms with Crippen LogP contribution in [0.25, 0.3) is 11.4 Å². The molecule has 0 unspecified atom stereocenters. The van der Waals surface area contributed by atoms with E-state index < -0.39 is 18.2 Å². The molecule has 0 radical (unpaired) electrons. The minimum Gasteiger partial charge on any atom is -0.436 e. The van der Waals surface area contributed by atoms with Crippen molar-refractivity contribution in [3.63, 3.8) is 0 Å². The Morgan fingerprint density at radius 3 is 2.62 bits per heavy atom. The fourth-order valence-electron chi connectivity index (χ4n) is 1.63. The standard InChI is InChI=1S/C15H12F3N3O3/c1-2-3-8-23-14(22)19-9-10-4-6-11(7-5-10)12-20-13(24-21-12)15(16,17)18/h4-7H,8-9H2,1H3,(H,19,22). The molecule has 126 valence electrons. The predicted octanol–water partition coefficient (Wildman–Crippen LogP) is 3.00. The van der Waals surface area contributed by atoms with E-state index in [1.807, 2.05) is 0 Å². The van der Waals surface area contributed by atoms with Crippen LogP contribution >= 0.6 is 0 Å². The number of carbonyl (C=O) groups excluding carboxylic acids is 1. The van der Waals surface area contributed by atoms with E-state index in [9.17, 15) is 18.0 Å². The molecule has 1 aromatic carbocycles. The Hall–Kier alpha value is -3.02. The summed E-state index contributed by atoms with van der Waals surface area (Å²) >= 11 is 0. The first-order valence-electron chi connectivity index (χ1n) is 6.70. The minimum atomic E-state index is -4.68. The van der Waals surface area contributed by atoms with E-state index in [1.54, 1.807) is 19.1 Å². The highest BCUT2D eigenvalue weighted by Crippen LogP contribution is 2.29. The monoisotopic (exact) mass is 339 g/mol. The second-order valence-corrected chi connectivity index (χ2v) is 4.47. The van der Waals surface area contributed by atoms with Crippen LogP contribution in [0.1, 0.15) is 18.4 Å². The molecule has 6 nitrogen and oxygen atoms in total. The van der Waals surface area contributed by atoms with Crippen LogP contribution in [0.15, 0.2) is 28.8 Å². The number of alkyl halides is 3. The number of carbonyl (C=O) groups is 1. The number of halogens is 3. The normalized spacial score (nSPS) is 10.7. The van der Waals surface area contributed by atoms with Crippen LogP contribution in [-0.4, -0.2) is 22.8 Å². The van der Waals surface area contributed by atoms with Crippen molar-refractivity contribution < 1.29 is 27.2 Å². The van der Waals surface area contributed by atoms with Gasteiger partial charge in [-0.3, -0.25) is 0 Å². The summed E-state index contributed by atoms with van der Waals surface area (Å²) in [6.45, 7) is 1.82. The molecule has 0 aliphatic heterocycles. The summed E-state index contributed by atoms with van der Waals surface area (Å²) in [4.78, 5) is 14.6. The van der Waals surface area contributed by atoms with Crippen LogP contribution in [0.2, 0.25) is 0 Å². The molecule has 0 bridgehead atoms. The van der Waals surface area contributed by atoms with Crippen LogP contribution in [-0.2, 0) is 17.5 Å². The fourth-order valence-corrected chi connectivity index (χ4v) is 1.63. The lowest BCUT2D eigenvalue weighted by molar-refractivity contribution is -0.159. The average Bonchev–Trinajstić information content (AvgIpc) is 3.04. The summed E-state index contributed by atoms with van der Waals surface area (Å²) in [5.74, 6) is 3.60. The Labute approximate surface area is 135 Å². The van der Waals surface area contributed by atoms with E-state index in [2.05, 4.69) is 31.8 Å². The molecule has 0 saturated carbocycles. The van der Waals surface area contributed by atoms with Crippen molar-refractivity contribution in [1.82, 2.24) is 15.5 Å². The molecule has 1 heterocycles. The molecule has 0 saturated heterocycles. The number of nitrogens with one attached hydrogen (secondary N) is 1. The van der Waals surface area contributed by atoms with Gasteiger partial charge in [-0.2, -0.15) is 18.2 Å². The number of ether oxygens (including phenoxy) is 1. The Morgan fingerprint density at radius 2 is 2.04 bits per heavy atom. The summed E-state index contributed by atoms with van der Waals surface area (Å²) in [5.41, 5.74) is 1.08. The van der Waals surface area contributed by atoms with Crippen LogP contribution in [0.4, 0.5) is 18.0 Å². The van der Waals surface area contributed by atoms with Crippen LogP contribution < -0.4 is 5.32 Å². The lowest BCUT2D eigenvalue weighted by Crippen LogP contribution is -2.23. The van der Waals surface area contributed by atoms with Gasteiger partial charge in [0, 0.05) is 12.1 Å². The summed E-state index contributed by atoms with van der Waals surface area (Å²) in [5, 5.41) is 5.80. The van der Waals surface area contributed by atoms with E-state index >= 15 is 0 Å². The summed E-state index contributed by atoms with van der Waals surface area (Å²) < 4.78 is 46.2. The Kier molecular flexibility index (Phi) is 5.42. The number of amides is 1. The number of hydrogen-bond donors (Lipinski definition) is 1. The largest absolute Gasteiger partial charge is 0.471 e. The molecule has 24 heavy (non-hydrogen) atoms. The first-order chi connectivity index (χ1) is 11.4. The zero-order chi connectivity index (χ0) is 17.6. The lowest BCUT2D eigenvalue weighted by atomic mass is 10.1. The quantitative estimate of drug-likeness (QED) is 0.867. The van der Waals surface area contributed by atoms with E-state index in [0.29, 0.717) is 5.56 Å². The average molecular weight is 339 g/mol. The number of nitrogens with zero attached hydrogens (tertiary/aromatic N) is 2. The van der Waals surface area contributed by atoms with Gasteiger partial charge in [0.15, 0.2) is 6.61 Å². The Bertz CT molecular complexity index is 758. The summed E-state index contributed by atoms with van der Waals surface area (Å²) in [6.07, 6.45) is -5.30. The van der Waals surface area contributed by atoms with Gasteiger partial charge in [-0.25, -0.2) is 4.79 Å². The fraction of sp³-hybridized carbons (Fsp3) is 0.267. The molecule has 1 amide bonds. The van der Waals surface area contributed by atoms with E-state index in [1.165, 1.54) is 12.1 Å². The molecule has 0 atom stereocenters. The number of hydrogen-bond acceptors (Lipinski definition) is 5. The maximum Gasteiger partial charge on any atom is 0.471 e. The van der Waals surface area contributed by atoms with E-state index in [4.69, 9.17) is 4.74 Å². The van der Waals surface area contributed by atoms with Gasteiger partial charge in [0.25, 0.3) is 0 Å². The smallest absolute Gasteiger partial charge is 0.436 e. The van der Waals surface area contributed by atoms with Crippen molar-refractivity contribution in [2.24, 2.45) is 0 Å². The zero-order valence-electron chi connectivity index (χ0n) is 12.5. The molecule has 0 fully saturated rings. The van der Waals surface area contributed by atoms with Gasteiger partial charge < -0.3 is 14.6 Å². The van der Waals surface area contributed by atoms with Gasteiger partial charge >= 0.3 is 18.2 Å². The van der Waals surface area contributed by atoms with Crippen LogP contribution in [0.3, 0.4) is 0 Å². The number of benzene rings is 1. The van der Waals surface area contributed by atoms with Gasteiger partial charge in [0.2, 0.25) is 5.82 Å². The zero-order valence-corrected chi connectivity index (χ0v) is 12.5. The van der Waals surface area contributed by atoms with Crippen LogP contribution in [0, 0.1) is 11.8 Å². The van der Waals surface area contributed by atoms with Crippen molar-refractivity contribution in [2.45, 2.75) is 19.6 Å². The van der Waals surface area contributed by atoms with Gasteiger partial charge in [-0.05, 0) is 12.5 Å². The highest BCUT2D eigenvalue weighted by Gasteiger charge is 2.38. The van der Waals surface area contributed by atoms with Gasteiger partial charge in [-0.1, -0.05) is 35.3 Å². The Morgan fingerprint density at radius 1 is 1.33 bits per heavy atom. The summed E-state index contributed by atoms with van der Waals surface area (Å²) in [7, 11) is 0. The molecular weight excluding hydrogens is 327 g/mol. The van der Waals surface area contributed by atoms with Crippen molar-refractivity contribution >= 4 is 6.09 Å². The first-order valence-corrected chi connectivity index (χ1v) is 6.70. The summed E-state index contributed by atoms with van der Waals surface area (Å²) in [6, 6.07) is 6.28. The predicted molar refractivity (Wildman–Crippen MR) is 76.4 cm³/mol. The van der Waals surface area contributed by atoms with Crippen molar-refractivity contribution in [2.75, 3.05) is 6.61 Å². The minimum absolute atomic E-state index is 0.000633. The molecule has 1 aromatic heterocycles. The van der Waals surface area contributed by atoms with Crippen LogP contribution in [0.5, 0.6) is 0 Å². The first kappa shape index (κ1) is 17.3. The third-order valence-corrected chi connectivity index (χ3v) is 2.77. The number of aromatic nitrogens is 2. The highest BCUT2D eigenvalue weighted by molar-refractivity contribution is 5.67. The SMILES string of the molecule is CC#CCOC(=O)NCc1ccc(-c2noc(C(F)(F)F)n2)cc1.